The Balaban J connectivity index is 4.14. The van der Waals surface area contributed by atoms with E-state index in [4.69, 9.17) is 4.74 Å². The van der Waals surface area contributed by atoms with Crippen molar-refractivity contribution in [3.8, 4) is 0 Å². The third-order valence-electron chi connectivity index (χ3n) is 9.35. The first-order valence-electron chi connectivity index (χ1n) is 21.2. The van der Waals surface area contributed by atoms with E-state index in [0.29, 0.717) is 19.1 Å². The molecule has 0 rings (SSSR count). The lowest BCUT2D eigenvalue weighted by Gasteiger charge is -2.23. The lowest BCUT2D eigenvalue weighted by atomic mass is 9.94. The Morgan fingerprint density at radius 3 is 1.33 bits per heavy atom. The number of allylic oxidation sites excluding steroid dienone is 8. The molecule has 286 valence electrons. The molecule has 49 heavy (non-hydrogen) atoms. The van der Waals surface area contributed by atoms with Gasteiger partial charge in [-0.05, 0) is 83.0 Å². The van der Waals surface area contributed by atoms with Crippen LogP contribution in [0.4, 0.5) is 4.79 Å². The summed E-state index contributed by atoms with van der Waals surface area (Å²) in [6.07, 6.45) is 52.6. The standard InChI is InChI=1S/C45H84N2O2/c1-6-8-10-12-14-16-18-20-22-24-26-28-30-32-34-36-39-44(43-49-45(48)46-41-38-42-47(3,4)5)40-37-35-33-31-29-27-25-23-21-19-17-15-13-11-9-7-2/h14-17,20-23,44H,6-13,18-19,24-43H2,1-5H3/p+1/b16-14-,17-15-,22-20-,23-21-. The smallest absolute Gasteiger partial charge is 0.407 e. The number of quaternary nitrogens is 1. The van der Waals surface area contributed by atoms with E-state index in [9.17, 15) is 4.79 Å². The molecule has 0 bridgehead atoms. The van der Waals surface area contributed by atoms with Crippen molar-refractivity contribution in [1.82, 2.24) is 5.32 Å². The third kappa shape index (κ3) is 40.5. The molecule has 0 atom stereocenters. The van der Waals surface area contributed by atoms with Crippen molar-refractivity contribution in [2.75, 3.05) is 40.8 Å². The van der Waals surface area contributed by atoms with Gasteiger partial charge in [-0.15, -0.1) is 0 Å². The summed E-state index contributed by atoms with van der Waals surface area (Å²) in [5, 5.41) is 2.97. The Kier molecular flexibility index (Phi) is 36.1. The largest absolute Gasteiger partial charge is 0.449 e. The number of alkyl carbamates (subject to hydrolysis) is 1. The highest BCUT2D eigenvalue weighted by Crippen LogP contribution is 2.20. The molecular formula is C45H85N2O2+. The number of hydrogen-bond donors (Lipinski definition) is 1. The number of ether oxygens (including phenoxy) is 1. The lowest BCUT2D eigenvalue weighted by molar-refractivity contribution is -0.870. The summed E-state index contributed by atoms with van der Waals surface area (Å²) in [4.78, 5) is 12.4. The van der Waals surface area contributed by atoms with Crippen LogP contribution in [0, 0.1) is 5.92 Å². The van der Waals surface area contributed by atoms with Crippen LogP contribution in [0.1, 0.15) is 187 Å². The summed E-state index contributed by atoms with van der Waals surface area (Å²) in [6.45, 7) is 6.83. The second-order valence-corrected chi connectivity index (χ2v) is 15.5. The zero-order valence-corrected chi connectivity index (χ0v) is 33.7. The topological polar surface area (TPSA) is 38.3 Å². The molecule has 0 aromatic carbocycles. The minimum Gasteiger partial charge on any atom is -0.449 e. The van der Waals surface area contributed by atoms with Crippen LogP contribution < -0.4 is 5.32 Å². The number of carbonyl (C=O) groups excluding carboxylic acids is 1. The number of nitrogens with zero attached hydrogens (tertiary/aromatic N) is 1. The summed E-state index contributed by atoms with van der Waals surface area (Å²) >= 11 is 0. The molecule has 1 N–H and O–H groups in total. The van der Waals surface area contributed by atoms with Gasteiger partial charge in [-0.25, -0.2) is 4.79 Å². The maximum atomic E-state index is 12.4. The molecule has 0 aromatic rings. The van der Waals surface area contributed by atoms with Gasteiger partial charge in [0.05, 0.1) is 34.3 Å². The van der Waals surface area contributed by atoms with Gasteiger partial charge in [-0.2, -0.15) is 0 Å². The fourth-order valence-electron chi connectivity index (χ4n) is 6.14. The molecule has 0 aromatic heterocycles. The van der Waals surface area contributed by atoms with Gasteiger partial charge in [0, 0.05) is 13.0 Å². The molecule has 0 fully saturated rings. The van der Waals surface area contributed by atoms with Gasteiger partial charge in [0.25, 0.3) is 0 Å². The molecule has 0 radical (unpaired) electrons. The van der Waals surface area contributed by atoms with Gasteiger partial charge >= 0.3 is 6.09 Å². The van der Waals surface area contributed by atoms with E-state index in [1.54, 1.807) is 0 Å². The molecule has 0 aliphatic carbocycles. The molecule has 0 saturated carbocycles. The van der Waals surface area contributed by atoms with Crippen LogP contribution in [-0.2, 0) is 4.74 Å². The van der Waals surface area contributed by atoms with Crippen LogP contribution >= 0.6 is 0 Å². The molecular weight excluding hydrogens is 601 g/mol. The van der Waals surface area contributed by atoms with Crippen molar-refractivity contribution in [3.05, 3.63) is 48.6 Å². The number of amides is 1. The SMILES string of the molecule is CCCCC/C=C\C/C=C\CCCCCCCCC(CCCCCCCC/C=C\C/C=C\CCCCC)COC(=O)NCCC[N+](C)(C)C. The van der Waals surface area contributed by atoms with Gasteiger partial charge in [0.1, 0.15) is 0 Å². The van der Waals surface area contributed by atoms with Gasteiger partial charge in [-0.1, -0.05) is 152 Å². The number of hydrogen-bond acceptors (Lipinski definition) is 2. The Bertz CT molecular complexity index is 759. The average Bonchev–Trinajstić information content (AvgIpc) is 3.07. The summed E-state index contributed by atoms with van der Waals surface area (Å²) in [5.41, 5.74) is 0. The molecule has 4 heteroatoms. The van der Waals surface area contributed by atoms with E-state index in [1.165, 1.54) is 154 Å². The second kappa shape index (κ2) is 37.4. The van der Waals surface area contributed by atoms with Crippen LogP contribution in [0.3, 0.4) is 0 Å². The highest BCUT2D eigenvalue weighted by atomic mass is 16.5. The molecule has 0 saturated heterocycles. The monoisotopic (exact) mass is 686 g/mol. The van der Waals surface area contributed by atoms with E-state index in [1.807, 2.05) is 0 Å². The van der Waals surface area contributed by atoms with Crippen molar-refractivity contribution >= 4 is 6.09 Å². The quantitative estimate of drug-likeness (QED) is 0.0405. The third-order valence-corrected chi connectivity index (χ3v) is 9.35. The Hall–Kier alpha value is -1.81. The number of carbonyl (C=O) groups is 1. The zero-order valence-electron chi connectivity index (χ0n) is 33.7. The second-order valence-electron chi connectivity index (χ2n) is 15.5. The molecule has 4 nitrogen and oxygen atoms in total. The van der Waals surface area contributed by atoms with Gasteiger partial charge in [0.2, 0.25) is 0 Å². The molecule has 0 unspecified atom stereocenters. The summed E-state index contributed by atoms with van der Waals surface area (Å²) in [6, 6.07) is 0. The maximum Gasteiger partial charge on any atom is 0.407 e. The molecule has 0 aliphatic rings. The number of unbranched alkanes of at least 4 members (excludes halogenated alkanes) is 18. The Morgan fingerprint density at radius 2 is 0.918 bits per heavy atom. The maximum absolute atomic E-state index is 12.4. The van der Waals surface area contributed by atoms with Crippen LogP contribution in [-0.4, -0.2) is 51.4 Å². The van der Waals surface area contributed by atoms with Gasteiger partial charge < -0.3 is 14.5 Å². The first-order chi connectivity index (χ1) is 23.9. The normalized spacial score (nSPS) is 12.5. The highest BCUT2D eigenvalue weighted by Gasteiger charge is 2.13. The Labute approximate surface area is 307 Å². The van der Waals surface area contributed by atoms with E-state index in [0.717, 1.165) is 30.3 Å². The Morgan fingerprint density at radius 1 is 0.531 bits per heavy atom. The summed E-state index contributed by atoms with van der Waals surface area (Å²) < 4.78 is 6.64. The van der Waals surface area contributed by atoms with Crippen LogP contribution in [0.5, 0.6) is 0 Å². The summed E-state index contributed by atoms with van der Waals surface area (Å²) in [7, 11) is 6.56. The van der Waals surface area contributed by atoms with E-state index in [-0.39, 0.29) is 6.09 Å². The van der Waals surface area contributed by atoms with Gasteiger partial charge in [0.15, 0.2) is 0 Å². The van der Waals surface area contributed by atoms with Crippen LogP contribution in [0.15, 0.2) is 48.6 Å². The molecule has 0 heterocycles. The predicted octanol–water partition coefficient (Wildman–Crippen LogP) is 13.8. The minimum atomic E-state index is -0.236. The van der Waals surface area contributed by atoms with Crippen LogP contribution in [0.25, 0.3) is 0 Å². The van der Waals surface area contributed by atoms with Crippen molar-refractivity contribution < 1.29 is 14.0 Å². The van der Waals surface area contributed by atoms with Crippen molar-refractivity contribution in [1.29, 1.82) is 0 Å². The number of nitrogens with one attached hydrogen (secondary N) is 1. The van der Waals surface area contributed by atoms with Crippen LogP contribution in [0.2, 0.25) is 0 Å². The van der Waals surface area contributed by atoms with E-state index >= 15 is 0 Å². The molecule has 0 spiro atoms. The molecule has 1 amide bonds. The first kappa shape index (κ1) is 47.2. The van der Waals surface area contributed by atoms with E-state index in [2.05, 4.69) is 88.9 Å². The average molecular weight is 686 g/mol. The number of rotatable bonds is 36. The minimum absolute atomic E-state index is 0.236. The van der Waals surface area contributed by atoms with E-state index < -0.39 is 0 Å². The lowest BCUT2D eigenvalue weighted by Crippen LogP contribution is -2.37. The zero-order chi connectivity index (χ0) is 35.9. The van der Waals surface area contributed by atoms with Crippen molar-refractivity contribution in [3.63, 3.8) is 0 Å². The fraction of sp³-hybridized carbons (Fsp3) is 0.800. The van der Waals surface area contributed by atoms with Gasteiger partial charge in [-0.3, -0.25) is 0 Å². The predicted molar refractivity (Wildman–Crippen MR) is 218 cm³/mol. The van der Waals surface area contributed by atoms with Crippen molar-refractivity contribution in [2.45, 2.75) is 187 Å². The summed E-state index contributed by atoms with van der Waals surface area (Å²) in [5.74, 6) is 0.494. The van der Waals surface area contributed by atoms with Crippen molar-refractivity contribution in [2.24, 2.45) is 5.92 Å². The molecule has 0 aliphatic heterocycles. The highest BCUT2D eigenvalue weighted by molar-refractivity contribution is 5.67. The fourth-order valence-corrected chi connectivity index (χ4v) is 6.14. The first-order valence-corrected chi connectivity index (χ1v) is 21.2.